The van der Waals surface area contributed by atoms with Crippen LogP contribution in [0.3, 0.4) is 0 Å². The van der Waals surface area contributed by atoms with Gasteiger partial charge in [0.1, 0.15) is 0 Å². The van der Waals surface area contributed by atoms with Crippen LogP contribution >= 0.6 is 0 Å². The van der Waals surface area contributed by atoms with Crippen LogP contribution in [0.2, 0.25) is 0 Å². The molecule has 0 aromatic carbocycles. The predicted molar refractivity (Wildman–Crippen MR) is 63.7 cm³/mol. The second-order valence-corrected chi connectivity index (χ2v) is 3.63. The lowest BCUT2D eigenvalue weighted by Crippen LogP contribution is -2.06. The molecule has 0 N–H and O–H groups in total. The van der Waals surface area contributed by atoms with Crippen molar-refractivity contribution in [3.63, 3.8) is 0 Å². The van der Waals surface area contributed by atoms with Gasteiger partial charge in [-0.15, -0.1) is 0 Å². The van der Waals surface area contributed by atoms with E-state index in [0.717, 1.165) is 12.8 Å². The molecule has 0 unspecified atom stereocenters. The molecule has 0 saturated carbocycles. The summed E-state index contributed by atoms with van der Waals surface area (Å²) in [6, 6.07) is 0. The van der Waals surface area contributed by atoms with E-state index >= 15 is 0 Å². The van der Waals surface area contributed by atoms with Gasteiger partial charge in [0.05, 0.1) is 12.2 Å². The van der Waals surface area contributed by atoms with E-state index in [0.29, 0.717) is 12.2 Å². The van der Waals surface area contributed by atoms with Gasteiger partial charge < -0.3 is 4.74 Å². The first kappa shape index (κ1) is 13.9. The number of hydrogen-bond acceptors (Lipinski definition) is 2. The number of carbonyl (C=O) groups excluding carboxylic acids is 1. The highest BCUT2D eigenvalue weighted by Gasteiger charge is 2.03. The molecule has 2 heteroatoms. The number of unbranched alkanes of at least 4 members (excludes halogenated alkanes) is 5. The third-order valence-electron chi connectivity index (χ3n) is 2.24. The van der Waals surface area contributed by atoms with E-state index in [1.165, 1.54) is 31.8 Å². The Hall–Kier alpha value is -1.05. The molecule has 0 aliphatic heterocycles. The van der Waals surface area contributed by atoms with Gasteiger partial charge in [-0.25, -0.2) is 4.79 Å². The Kier molecular flexibility index (Phi) is 8.84. The van der Waals surface area contributed by atoms with E-state index in [4.69, 9.17) is 4.74 Å². The van der Waals surface area contributed by atoms with Crippen molar-refractivity contribution in [2.45, 2.75) is 45.4 Å². The maximum Gasteiger partial charge on any atom is 0.337 e. The van der Waals surface area contributed by atoms with E-state index in [1.54, 1.807) is 0 Å². The normalized spacial score (nSPS) is 9.67. The third-order valence-corrected chi connectivity index (χ3v) is 2.24. The Bertz CT molecular complexity index is 207. The number of hydrogen-bond donors (Lipinski definition) is 0. The van der Waals surface area contributed by atoms with E-state index in [-0.39, 0.29) is 5.97 Å². The average Bonchev–Trinajstić information content (AvgIpc) is 2.26. The maximum absolute atomic E-state index is 11.1. The summed E-state index contributed by atoms with van der Waals surface area (Å²) in [7, 11) is 0. The quantitative estimate of drug-likeness (QED) is 0.251. The molecule has 15 heavy (non-hydrogen) atoms. The van der Waals surface area contributed by atoms with Crippen molar-refractivity contribution in [1.82, 2.24) is 0 Å². The summed E-state index contributed by atoms with van der Waals surface area (Å²) < 4.78 is 4.99. The molecule has 0 fully saturated rings. The lowest BCUT2D eigenvalue weighted by Gasteiger charge is -2.04. The first-order valence-electron chi connectivity index (χ1n) is 5.70. The van der Waals surface area contributed by atoms with Crippen LogP contribution in [0.1, 0.15) is 45.4 Å². The van der Waals surface area contributed by atoms with E-state index < -0.39 is 0 Å². The number of rotatable bonds is 9. The van der Waals surface area contributed by atoms with Crippen molar-refractivity contribution >= 4 is 5.97 Å². The van der Waals surface area contributed by atoms with E-state index in [9.17, 15) is 4.79 Å². The first-order chi connectivity index (χ1) is 7.22. The number of ether oxygens (including phenoxy) is 1. The van der Waals surface area contributed by atoms with Crippen LogP contribution in [0.15, 0.2) is 24.8 Å². The standard InChI is InChI=1S/C13H22O2/c1-4-6-7-8-9-10-11-15-13(14)12(3)5-2/h5H,2-4,6-11H2,1H3. The fraction of sp³-hybridized carbons (Fsp3) is 0.615. The summed E-state index contributed by atoms with van der Waals surface area (Å²) in [6.07, 6.45) is 8.57. The molecule has 86 valence electrons. The van der Waals surface area contributed by atoms with Crippen LogP contribution < -0.4 is 0 Å². The zero-order chi connectivity index (χ0) is 11.5. The lowest BCUT2D eigenvalue weighted by atomic mass is 10.1. The van der Waals surface area contributed by atoms with Crippen molar-refractivity contribution in [2.24, 2.45) is 0 Å². The predicted octanol–water partition coefficient (Wildman–Crippen LogP) is 3.63. The minimum absolute atomic E-state index is 0.334. The SMILES string of the molecule is C=CC(=C)C(=O)OCCCCCCCC. The molecule has 0 aliphatic rings. The molecular formula is C13H22O2. The molecule has 0 saturated heterocycles. The largest absolute Gasteiger partial charge is 0.462 e. The highest BCUT2D eigenvalue weighted by Crippen LogP contribution is 2.05. The summed E-state index contributed by atoms with van der Waals surface area (Å²) in [5, 5.41) is 0. The van der Waals surface area contributed by atoms with Crippen molar-refractivity contribution in [3.05, 3.63) is 24.8 Å². The molecule has 0 heterocycles. The highest BCUT2D eigenvalue weighted by molar-refractivity contribution is 5.90. The first-order valence-corrected chi connectivity index (χ1v) is 5.70. The Morgan fingerprint density at radius 1 is 1.20 bits per heavy atom. The Morgan fingerprint density at radius 3 is 2.40 bits per heavy atom. The molecule has 0 bridgehead atoms. The van der Waals surface area contributed by atoms with Gasteiger partial charge in [0.25, 0.3) is 0 Å². The smallest absolute Gasteiger partial charge is 0.337 e. The van der Waals surface area contributed by atoms with Gasteiger partial charge in [-0.2, -0.15) is 0 Å². The molecule has 0 aliphatic carbocycles. The van der Waals surface area contributed by atoms with Crippen LogP contribution in [0, 0.1) is 0 Å². The molecule has 0 rings (SSSR count). The zero-order valence-electron chi connectivity index (χ0n) is 9.76. The fourth-order valence-electron chi connectivity index (χ4n) is 1.22. The second-order valence-electron chi connectivity index (χ2n) is 3.63. The van der Waals surface area contributed by atoms with Gasteiger partial charge in [-0.3, -0.25) is 0 Å². The number of carbonyl (C=O) groups is 1. The van der Waals surface area contributed by atoms with Crippen LogP contribution in [-0.2, 0) is 9.53 Å². The molecule has 0 amide bonds. The van der Waals surface area contributed by atoms with E-state index in [1.807, 2.05) is 0 Å². The van der Waals surface area contributed by atoms with Gasteiger partial charge in [0.15, 0.2) is 0 Å². The van der Waals surface area contributed by atoms with Gasteiger partial charge in [0, 0.05) is 0 Å². The molecule has 2 nitrogen and oxygen atoms in total. The summed E-state index contributed by atoms with van der Waals surface area (Å²) >= 11 is 0. The molecule has 0 aromatic heterocycles. The highest BCUT2D eigenvalue weighted by atomic mass is 16.5. The Balaban J connectivity index is 3.27. The summed E-state index contributed by atoms with van der Waals surface area (Å²) in [5.74, 6) is -0.349. The minimum atomic E-state index is -0.349. The molecule has 0 spiro atoms. The summed E-state index contributed by atoms with van der Waals surface area (Å²) in [4.78, 5) is 11.1. The van der Waals surface area contributed by atoms with Gasteiger partial charge in [-0.05, 0) is 6.42 Å². The third kappa shape index (κ3) is 7.98. The molecule has 0 radical (unpaired) electrons. The van der Waals surface area contributed by atoms with Crippen LogP contribution in [-0.4, -0.2) is 12.6 Å². The van der Waals surface area contributed by atoms with Gasteiger partial charge >= 0.3 is 5.97 Å². The van der Waals surface area contributed by atoms with E-state index in [2.05, 4.69) is 20.1 Å². The van der Waals surface area contributed by atoms with Gasteiger partial charge in [-0.1, -0.05) is 58.3 Å². The fourth-order valence-corrected chi connectivity index (χ4v) is 1.22. The maximum atomic E-state index is 11.1. The van der Waals surface area contributed by atoms with Crippen molar-refractivity contribution in [2.75, 3.05) is 6.61 Å². The zero-order valence-corrected chi connectivity index (χ0v) is 9.76. The van der Waals surface area contributed by atoms with Crippen LogP contribution in [0.5, 0.6) is 0 Å². The lowest BCUT2D eigenvalue weighted by molar-refractivity contribution is -0.138. The van der Waals surface area contributed by atoms with Crippen LogP contribution in [0.4, 0.5) is 0 Å². The van der Waals surface area contributed by atoms with Crippen LogP contribution in [0.25, 0.3) is 0 Å². The van der Waals surface area contributed by atoms with Crippen molar-refractivity contribution in [1.29, 1.82) is 0 Å². The average molecular weight is 210 g/mol. The molecular weight excluding hydrogens is 188 g/mol. The topological polar surface area (TPSA) is 26.3 Å². The Labute approximate surface area is 93.0 Å². The summed E-state index contributed by atoms with van der Waals surface area (Å²) in [5.41, 5.74) is 0.334. The number of esters is 1. The minimum Gasteiger partial charge on any atom is -0.462 e. The second kappa shape index (κ2) is 9.50. The molecule has 0 aromatic rings. The summed E-state index contributed by atoms with van der Waals surface area (Å²) in [6.45, 7) is 9.67. The van der Waals surface area contributed by atoms with Crippen molar-refractivity contribution < 1.29 is 9.53 Å². The molecule has 0 atom stereocenters. The Morgan fingerprint density at radius 2 is 1.80 bits per heavy atom. The van der Waals surface area contributed by atoms with Gasteiger partial charge in [0.2, 0.25) is 0 Å². The van der Waals surface area contributed by atoms with Crippen molar-refractivity contribution in [3.8, 4) is 0 Å². The monoisotopic (exact) mass is 210 g/mol.